The van der Waals surface area contributed by atoms with Gasteiger partial charge in [0.1, 0.15) is 5.75 Å². The van der Waals surface area contributed by atoms with E-state index in [-0.39, 0.29) is 11.7 Å². The van der Waals surface area contributed by atoms with Crippen molar-refractivity contribution in [2.75, 3.05) is 18.2 Å². The van der Waals surface area contributed by atoms with Crippen LogP contribution in [0, 0.1) is 0 Å². The van der Waals surface area contributed by atoms with Gasteiger partial charge in [0.25, 0.3) is 0 Å². The molecule has 0 spiro atoms. The molecule has 2 aromatic carbocycles. The van der Waals surface area contributed by atoms with Crippen LogP contribution in [-0.2, 0) is 0 Å². The molecule has 1 aliphatic heterocycles. The molecular formula is C22H21BrN4O3S. The fraction of sp³-hybridized carbons (Fsp3) is 0.273. The Bertz CT molecular complexity index is 1090. The number of Topliss-reactive ketones (excluding diaryl/α,β-unsaturated/α-hetero) is 1. The number of benzene rings is 2. The molecule has 0 saturated heterocycles. The van der Waals surface area contributed by atoms with Crippen LogP contribution in [-0.4, -0.2) is 40.1 Å². The Morgan fingerprint density at radius 2 is 2.03 bits per heavy atom. The van der Waals surface area contributed by atoms with E-state index in [0.717, 1.165) is 34.3 Å². The van der Waals surface area contributed by atoms with Crippen LogP contribution in [0.4, 0.5) is 5.69 Å². The van der Waals surface area contributed by atoms with E-state index in [1.54, 1.807) is 31.4 Å². The van der Waals surface area contributed by atoms with Crippen molar-refractivity contribution in [2.24, 2.45) is 0 Å². The Kier molecular flexibility index (Phi) is 6.72. The van der Waals surface area contributed by atoms with Gasteiger partial charge in [-0.3, -0.25) is 4.79 Å². The number of aromatic nitrogens is 3. The second-order valence-corrected chi connectivity index (χ2v) is 8.85. The van der Waals surface area contributed by atoms with Gasteiger partial charge in [0.05, 0.1) is 7.11 Å². The lowest BCUT2D eigenvalue weighted by Gasteiger charge is -2.18. The van der Waals surface area contributed by atoms with Crippen LogP contribution in [0.2, 0.25) is 0 Å². The van der Waals surface area contributed by atoms with Gasteiger partial charge in [0.2, 0.25) is 23.0 Å². The van der Waals surface area contributed by atoms with Gasteiger partial charge < -0.3 is 14.8 Å². The van der Waals surface area contributed by atoms with E-state index in [0.29, 0.717) is 22.2 Å². The first-order chi connectivity index (χ1) is 15.1. The molecule has 9 heteroatoms. The van der Waals surface area contributed by atoms with Gasteiger partial charge in [-0.2, -0.15) is 4.98 Å². The van der Waals surface area contributed by atoms with Crippen LogP contribution in [0.25, 0.3) is 11.3 Å². The highest BCUT2D eigenvalue weighted by atomic mass is 79.9. The first-order valence-corrected chi connectivity index (χ1v) is 11.7. The Balaban J connectivity index is 1.71. The predicted molar refractivity (Wildman–Crippen MR) is 124 cm³/mol. The van der Waals surface area contributed by atoms with Crippen molar-refractivity contribution in [1.29, 1.82) is 0 Å². The first kappa shape index (κ1) is 21.6. The Labute approximate surface area is 193 Å². The summed E-state index contributed by atoms with van der Waals surface area (Å²) in [5, 5.41) is 12.4. The monoisotopic (exact) mass is 500 g/mol. The van der Waals surface area contributed by atoms with Gasteiger partial charge >= 0.3 is 0 Å². The second-order valence-electron chi connectivity index (χ2n) is 6.88. The van der Waals surface area contributed by atoms with E-state index in [4.69, 9.17) is 9.47 Å². The smallest absolute Gasteiger partial charge is 0.247 e. The highest BCUT2D eigenvalue weighted by Gasteiger charge is 2.30. The summed E-state index contributed by atoms with van der Waals surface area (Å²) in [5.74, 6) is 1.64. The molecule has 0 fully saturated rings. The molecule has 4 rings (SSSR count). The minimum atomic E-state index is -0.959. The largest absolute Gasteiger partial charge is 0.497 e. The van der Waals surface area contributed by atoms with Crippen LogP contribution < -0.4 is 14.8 Å². The molecule has 1 N–H and O–H groups in total. The number of nitrogens with one attached hydrogen (secondary N) is 1. The standard InChI is InChI=1S/C22H21BrN4O3S/c1-3-4-11-31-22-25-20-18(26-27-22)16-12-14(23)7-10-17(16)24-21(30-20)19(28)13-5-8-15(29-2)9-6-13/h5-10,12,21,24H,3-4,11H2,1-2H3/t21-/m1/s1. The van der Waals surface area contributed by atoms with Crippen LogP contribution in [0.15, 0.2) is 52.1 Å². The van der Waals surface area contributed by atoms with Gasteiger partial charge in [0.15, 0.2) is 5.69 Å². The number of ketones is 1. The molecule has 0 bridgehead atoms. The number of methoxy groups -OCH3 is 1. The third kappa shape index (κ3) is 4.83. The lowest BCUT2D eigenvalue weighted by Crippen LogP contribution is -2.35. The SMILES string of the molecule is CCCCSc1nnc2c(n1)O[C@H](C(=O)c1ccc(OC)cc1)Nc1ccc(Br)cc1-2. The summed E-state index contributed by atoms with van der Waals surface area (Å²) in [6.07, 6.45) is 1.19. The number of nitrogens with zero attached hydrogens (tertiary/aromatic N) is 3. The Hall–Kier alpha value is -2.65. The molecule has 31 heavy (non-hydrogen) atoms. The van der Waals surface area contributed by atoms with E-state index in [9.17, 15) is 4.79 Å². The molecular weight excluding hydrogens is 480 g/mol. The van der Waals surface area contributed by atoms with Crippen LogP contribution in [0.5, 0.6) is 11.6 Å². The number of halogens is 1. The van der Waals surface area contributed by atoms with E-state index in [2.05, 4.69) is 43.4 Å². The lowest BCUT2D eigenvalue weighted by atomic mass is 10.1. The molecule has 7 nitrogen and oxygen atoms in total. The minimum absolute atomic E-state index is 0.219. The molecule has 0 aliphatic carbocycles. The maximum atomic E-state index is 13.2. The first-order valence-electron chi connectivity index (χ1n) is 9.88. The third-order valence-corrected chi connectivity index (χ3v) is 6.15. The second kappa shape index (κ2) is 9.65. The number of hydrogen-bond acceptors (Lipinski definition) is 8. The van der Waals surface area contributed by atoms with Gasteiger partial charge in [-0.25, -0.2) is 0 Å². The number of fused-ring (bicyclic) bond motifs is 3. The summed E-state index contributed by atoms with van der Waals surface area (Å²) < 4.78 is 12.1. The fourth-order valence-corrected chi connectivity index (χ4v) is 4.29. The average molecular weight is 501 g/mol. The van der Waals surface area contributed by atoms with Crippen molar-refractivity contribution >= 4 is 39.2 Å². The molecule has 1 aromatic heterocycles. The van der Waals surface area contributed by atoms with Crippen LogP contribution in [0.3, 0.4) is 0 Å². The number of rotatable bonds is 7. The third-order valence-electron chi connectivity index (χ3n) is 4.73. The van der Waals surface area contributed by atoms with E-state index < -0.39 is 6.23 Å². The van der Waals surface area contributed by atoms with E-state index >= 15 is 0 Å². The zero-order valence-electron chi connectivity index (χ0n) is 17.1. The molecule has 0 amide bonds. The van der Waals surface area contributed by atoms with Gasteiger partial charge in [-0.15, -0.1) is 10.2 Å². The molecule has 0 unspecified atom stereocenters. The van der Waals surface area contributed by atoms with Gasteiger partial charge in [-0.05, 0) is 48.9 Å². The number of ether oxygens (including phenoxy) is 2. The molecule has 2 heterocycles. The van der Waals surface area contributed by atoms with E-state index in [1.807, 2.05) is 18.2 Å². The summed E-state index contributed by atoms with van der Waals surface area (Å²) in [6, 6.07) is 12.6. The average Bonchev–Trinajstić information content (AvgIpc) is 2.95. The van der Waals surface area contributed by atoms with Gasteiger partial charge in [-0.1, -0.05) is 41.0 Å². The summed E-state index contributed by atoms with van der Waals surface area (Å²) in [5.41, 5.74) is 2.48. The van der Waals surface area contributed by atoms with Crippen LogP contribution in [0.1, 0.15) is 30.1 Å². The summed E-state index contributed by atoms with van der Waals surface area (Å²) in [4.78, 5) is 17.8. The van der Waals surface area contributed by atoms with Crippen molar-refractivity contribution in [3.63, 3.8) is 0 Å². The maximum Gasteiger partial charge on any atom is 0.247 e. The minimum Gasteiger partial charge on any atom is -0.497 e. The maximum absolute atomic E-state index is 13.2. The van der Waals surface area contributed by atoms with Crippen molar-refractivity contribution in [2.45, 2.75) is 31.1 Å². The Morgan fingerprint density at radius 1 is 1.23 bits per heavy atom. The van der Waals surface area contributed by atoms with E-state index in [1.165, 1.54) is 11.8 Å². The number of unbranched alkanes of at least 4 members (excludes halogenated alkanes) is 1. The summed E-state index contributed by atoms with van der Waals surface area (Å²) in [6.45, 7) is 2.13. The fourth-order valence-electron chi connectivity index (χ4n) is 3.06. The Morgan fingerprint density at radius 3 is 2.77 bits per heavy atom. The van der Waals surface area contributed by atoms with Crippen LogP contribution >= 0.6 is 27.7 Å². The predicted octanol–water partition coefficient (Wildman–Crippen LogP) is 5.22. The van der Waals surface area contributed by atoms with Gasteiger partial charge in [0, 0.05) is 27.0 Å². The number of anilines is 1. The number of thioether (sulfide) groups is 1. The number of hydrogen-bond donors (Lipinski definition) is 1. The molecule has 160 valence electrons. The molecule has 1 atom stereocenters. The molecule has 0 radical (unpaired) electrons. The van der Waals surface area contributed by atoms with Crippen molar-refractivity contribution < 1.29 is 14.3 Å². The molecule has 0 saturated carbocycles. The van der Waals surface area contributed by atoms with Crippen molar-refractivity contribution in [1.82, 2.24) is 15.2 Å². The lowest BCUT2D eigenvalue weighted by molar-refractivity contribution is 0.0823. The highest BCUT2D eigenvalue weighted by molar-refractivity contribution is 9.10. The zero-order chi connectivity index (χ0) is 21.8. The highest BCUT2D eigenvalue weighted by Crippen LogP contribution is 2.38. The normalized spacial score (nSPS) is 14.5. The summed E-state index contributed by atoms with van der Waals surface area (Å²) in [7, 11) is 1.58. The number of carbonyl (C=O) groups excluding carboxylic acids is 1. The van der Waals surface area contributed by atoms with Crippen molar-refractivity contribution in [3.05, 3.63) is 52.5 Å². The quantitative estimate of drug-likeness (QED) is 0.268. The molecule has 1 aliphatic rings. The summed E-state index contributed by atoms with van der Waals surface area (Å²) >= 11 is 5.02. The number of carbonyl (C=O) groups is 1. The zero-order valence-corrected chi connectivity index (χ0v) is 19.5. The topological polar surface area (TPSA) is 86.2 Å². The molecule has 3 aromatic rings. The van der Waals surface area contributed by atoms with Crippen molar-refractivity contribution in [3.8, 4) is 22.9 Å².